The minimum atomic E-state index is -3.68. The van der Waals surface area contributed by atoms with Crippen molar-refractivity contribution in [3.63, 3.8) is 0 Å². The molecule has 0 unspecified atom stereocenters. The van der Waals surface area contributed by atoms with Gasteiger partial charge in [-0.2, -0.15) is 0 Å². The number of rotatable bonds is 5. The van der Waals surface area contributed by atoms with Crippen LogP contribution in [0.15, 0.2) is 65.6 Å². The normalized spacial score (nSPS) is 14.7. The molecule has 0 saturated carbocycles. The van der Waals surface area contributed by atoms with Gasteiger partial charge in [0.15, 0.2) is 0 Å². The van der Waals surface area contributed by atoms with Crippen LogP contribution in [0.1, 0.15) is 10.4 Å². The van der Waals surface area contributed by atoms with E-state index in [0.29, 0.717) is 43.2 Å². The molecule has 0 atom stereocenters. The van der Waals surface area contributed by atoms with Gasteiger partial charge in [0.05, 0.1) is 23.7 Å². The van der Waals surface area contributed by atoms with Crippen molar-refractivity contribution >= 4 is 38.1 Å². The van der Waals surface area contributed by atoms with E-state index in [2.05, 4.69) is 5.32 Å². The first-order valence-electron chi connectivity index (χ1n) is 10.1. The van der Waals surface area contributed by atoms with E-state index in [0.717, 1.165) is 15.1 Å². The second-order valence-electron chi connectivity index (χ2n) is 7.55. The Labute approximate surface area is 182 Å². The van der Waals surface area contributed by atoms with Gasteiger partial charge in [-0.3, -0.25) is 4.79 Å². The molecule has 8 heteroatoms. The van der Waals surface area contributed by atoms with E-state index < -0.39 is 10.0 Å². The highest BCUT2D eigenvalue weighted by molar-refractivity contribution is 7.89. The van der Waals surface area contributed by atoms with Crippen LogP contribution in [-0.4, -0.2) is 59.0 Å². The number of sulfonamides is 1. The van der Waals surface area contributed by atoms with E-state index in [-0.39, 0.29) is 10.8 Å². The number of hydrogen-bond donors (Lipinski definition) is 1. The number of hydrogen-bond acceptors (Lipinski definition) is 5. The van der Waals surface area contributed by atoms with E-state index in [9.17, 15) is 13.2 Å². The number of benzene rings is 3. The number of anilines is 2. The molecule has 3 aromatic carbocycles. The molecule has 0 aromatic heterocycles. The fourth-order valence-electron chi connectivity index (χ4n) is 3.67. The molecular formula is C23H25N3O4S. The Morgan fingerprint density at radius 2 is 1.71 bits per heavy atom. The molecule has 0 radical (unpaired) electrons. The zero-order valence-electron chi connectivity index (χ0n) is 17.5. The Balaban J connectivity index is 1.77. The molecule has 0 spiro atoms. The van der Waals surface area contributed by atoms with Gasteiger partial charge in [0, 0.05) is 43.9 Å². The standard InChI is InChI=1S/C23H25N3O4S/c1-25(2)31(28,29)18-10-11-22(26-12-14-30-15-13-26)20(16-18)23(27)24-21-9-5-7-17-6-3-4-8-19(17)21/h3-11,16H,12-15H2,1-2H3,(H,24,27). The van der Waals surface area contributed by atoms with Crippen LogP contribution < -0.4 is 10.2 Å². The van der Waals surface area contributed by atoms with Crippen LogP contribution in [0.2, 0.25) is 0 Å². The summed E-state index contributed by atoms with van der Waals surface area (Å²) in [5.74, 6) is -0.353. The summed E-state index contributed by atoms with van der Waals surface area (Å²) in [7, 11) is -0.731. The van der Waals surface area contributed by atoms with Gasteiger partial charge in [0.25, 0.3) is 5.91 Å². The molecule has 3 aromatic rings. The number of fused-ring (bicyclic) bond motifs is 1. The first kappa shape index (κ1) is 21.3. The van der Waals surface area contributed by atoms with Crippen molar-refractivity contribution in [2.24, 2.45) is 0 Å². The third kappa shape index (κ3) is 4.27. The Kier molecular flexibility index (Phi) is 5.95. The first-order chi connectivity index (χ1) is 14.9. The third-order valence-corrected chi connectivity index (χ3v) is 7.19. The van der Waals surface area contributed by atoms with Crippen LogP contribution in [-0.2, 0) is 14.8 Å². The molecular weight excluding hydrogens is 414 g/mol. The SMILES string of the molecule is CN(C)S(=O)(=O)c1ccc(N2CCOCC2)c(C(=O)Nc2cccc3ccccc23)c1. The molecule has 162 valence electrons. The maximum absolute atomic E-state index is 13.4. The molecule has 7 nitrogen and oxygen atoms in total. The van der Waals surface area contributed by atoms with E-state index in [4.69, 9.17) is 4.74 Å². The average molecular weight is 440 g/mol. The summed E-state index contributed by atoms with van der Waals surface area (Å²) in [6, 6.07) is 18.2. The maximum Gasteiger partial charge on any atom is 0.257 e. The monoisotopic (exact) mass is 439 g/mol. The summed E-state index contributed by atoms with van der Waals surface area (Å²) in [4.78, 5) is 15.5. The highest BCUT2D eigenvalue weighted by Crippen LogP contribution is 2.29. The minimum absolute atomic E-state index is 0.0811. The molecule has 1 aliphatic heterocycles. The zero-order chi connectivity index (χ0) is 22.0. The summed E-state index contributed by atoms with van der Waals surface area (Å²) < 4.78 is 31.9. The second kappa shape index (κ2) is 8.66. The molecule has 31 heavy (non-hydrogen) atoms. The predicted octanol–water partition coefficient (Wildman–Crippen LogP) is 3.18. The quantitative estimate of drug-likeness (QED) is 0.661. The van der Waals surface area contributed by atoms with Gasteiger partial charge in [0.1, 0.15) is 0 Å². The van der Waals surface area contributed by atoms with Gasteiger partial charge in [-0.15, -0.1) is 0 Å². The maximum atomic E-state index is 13.4. The number of nitrogens with zero attached hydrogens (tertiary/aromatic N) is 2. The molecule has 1 heterocycles. The van der Waals surface area contributed by atoms with Crippen LogP contribution in [0.25, 0.3) is 10.8 Å². The number of carbonyl (C=O) groups is 1. The molecule has 1 aliphatic rings. The molecule has 0 bridgehead atoms. The molecule has 1 fully saturated rings. The van der Waals surface area contributed by atoms with Gasteiger partial charge < -0.3 is 15.0 Å². The van der Waals surface area contributed by atoms with Crippen molar-refractivity contribution in [2.75, 3.05) is 50.6 Å². The third-order valence-electron chi connectivity index (χ3n) is 5.38. The highest BCUT2D eigenvalue weighted by atomic mass is 32.2. The van der Waals surface area contributed by atoms with Crippen molar-refractivity contribution in [3.8, 4) is 0 Å². The molecule has 1 amide bonds. The van der Waals surface area contributed by atoms with Crippen molar-refractivity contribution in [1.29, 1.82) is 0 Å². The fraction of sp³-hybridized carbons (Fsp3) is 0.261. The number of amides is 1. The Morgan fingerprint density at radius 3 is 2.45 bits per heavy atom. The van der Waals surface area contributed by atoms with Crippen molar-refractivity contribution in [3.05, 3.63) is 66.2 Å². The Hall–Kier alpha value is -2.94. The van der Waals surface area contributed by atoms with Gasteiger partial charge in [-0.05, 0) is 29.7 Å². The van der Waals surface area contributed by atoms with Crippen molar-refractivity contribution in [1.82, 2.24) is 4.31 Å². The van der Waals surface area contributed by atoms with Crippen LogP contribution in [0, 0.1) is 0 Å². The second-order valence-corrected chi connectivity index (χ2v) is 9.70. The average Bonchev–Trinajstić information content (AvgIpc) is 2.79. The number of ether oxygens (including phenoxy) is 1. The summed E-state index contributed by atoms with van der Waals surface area (Å²) in [5.41, 5.74) is 1.69. The summed E-state index contributed by atoms with van der Waals surface area (Å²) in [6.07, 6.45) is 0. The van der Waals surface area contributed by atoms with Crippen molar-refractivity contribution < 1.29 is 17.9 Å². The Bertz CT molecular complexity index is 1210. The smallest absolute Gasteiger partial charge is 0.257 e. The fourth-order valence-corrected chi connectivity index (χ4v) is 4.60. The lowest BCUT2D eigenvalue weighted by Crippen LogP contribution is -2.37. The minimum Gasteiger partial charge on any atom is -0.378 e. The van der Waals surface area contributed by atoms with E-state index in [1.165, 1.54) is 20.2 Å². The lowest BCUT2D eigenvalue weighted by atomic mass is 10.1. The predicted molar refractivity (Wildman–Crippen MR) is 122 cm³/mol. The lowest BCUT2D eigenvalue weighted by Gasteiger charge is -2.30. The summed E-state index contributed by atoms with van der Waals surface area (Å²) in [5, 5.41) is 4.91. The van der Waals surface area contributed by atoms with E-state index >= 15 is 0 Å². The topological polar surface area (TPSA) is 79.0 Å². The first-order valence-corrected chi connectivity index (χ1v) is 11.5. The number of morpholine rings is 1. The zero-order valence-corrected chi connectivity index (χ0v) is 18.4. The van der Waals surface area contributed by atoms with E-state index in [1.54, 1.807) is 12.1 Å². The molecule has 0 aliphatic carbocycles. The number of nitrogens with one attached hydrogen (secondary N) is 1. The molecule has 1 N–H and O–H groups in total. The van der Waals surface area contributed by atoms with Crippen LogP contribution in [0.3, 0.4) is 0 Å². The largest absolute Gasteiger partial charge is 0.378 e. The van der Waals surface area contributed by atoms with Crippen molar-refractivity contribution in [2.45, 2.75) is 4.90 Å². The summed E-state index contributed by atoms with van der Waals surface area (Å²) in [6.45, 7) is 2.38. The van der Waals surface area contributed by atoms with Crippen LogP contribution >= 0.6 is 0 Å². The van der Waals surface area contributed by atoms with Gasteiger partial charge in [0.2, 0.25) is 10.0 Å². The number of carbonyl (C=O) groups excluding carboxylic acids is 1. The van der Waals surface area contributed by atoms with Gasteiger partial charge in [-0.25, -0.2) is 12.7 Å². The van der Waals surface area contributed by atoms with Gasteiger partial charge in [-0.1, -0.05) is 36.4 Å². The van der Waals surface area contributed by atoms with Crippen LogP contribution in [0.4, 0.5) is 11.4 Å². The molecule has 4 rings (SSSR count). The van der Waals surface area contributed by atoms with E-state index in [1.807, 2.05) is 47.4 Å². The summed E-state index contributed by atoms with van der Waals surface area (Å²) >= 11 is 0. The molecule has 1 saturated heterocycles. The Morgan fingerprint density at radius 1 is 1.00 bits per heavy atom. The van der Waals surface area contributed by atoms with Gasteiger partial charge >= 0.3 is 0 Å². The highest BCUT2D eigenvalue weighted by Gasteiger charge is 2.24. The van der Waals surface area contributed by atoms with Crippen LogP contribution in [0.5, 0.6) is 0 Å². The lowest BCUT2D eigenvalue weighted by molar-refractivity contribution is 0.102.